The highest BCUT2D eigenvalue weighted by molar-refractivity contribution is 5.78. The largest absolute Gasteiger partial charge is 0.487 e. The summed E-state index contributed by atoms with van der Waals surface area (Å²) in [6.45, 7) is 5.48. The van der Waals surface area contributed by atoms with E-state index in [2.05, 4.69) is 15.5 Å². The lowest BCUT2D eigenvalue weighted by Crippen LogP contribution is -2.41. The van der Waals surface area contributed by atoms with Crippen molar-refractivity contribution in [2.75, 3.05) is 0 Å². The molecule has 1 aromatic carbocycles. The Morgan fingerprint density at radius 1 is 1.43 bits per heavy atom. The minimum atomic E-state index is -0.500. The number of carbonyl (C=O) groups excluding carboxylic acids is 1. The SMILES string of the molecule is Cc1nnc(CC(=O)NC2CC(C)(C)Oc3cc(F)ccc32)o1. The van der Waals surface area contributed by atoms with Crippen molar-refractivity contribution in [1.82, 2.24) is 15.5 Å². The molecule has 1 amide bonds. The number of hydrogen-bond acceptors (Lipinski definition) is 5. The van der Waals surface area contributed by atoms with Gasteiger partial charge in [0.1, 0.15) is 23.6 Å². The molecule has 122 valence electrons. The second kappa shape index (κ2) is 5.64. The number of fused-ring (bicyclic) bond motifs is 1. The molecule has 1 aromatic heterocycles. The number of ether oxygens (including phenoxy) is 1. The van der Waals surface area contributed by atoms with Gasteiger partial charge < -0.3 is 14.5 Å². The van der Waals surface area contributed by atoms with E-state index >= 15 is 0 Å². The van der Waals surface area contributed by atoms with Gasteiger partial charge in [0.15, 0.2) is 0 Å². The number of aromatic nitrogens is 2. The summed E-state index contributed by atoms with van der Waals surface area (Å²) in [6.07, 6.45) is 0.593. The summed E-state index contributed by atoms with van der Waals surface area (Å²) in [5.41, 5.74) is 0.264. The lowest BCUT2D eigenvalue weighted by molar-refractivity contribution is -0.122. The van der Waals surface area contributed by atoms with Crippen molar-refractivity contribution < 1.29 is 18.3 Å². The fraction of sp³-hybridized carbons (Fsp3) is 0.438. The molecule has 23 heavy (non-hydrogen) atoms. The molecule has 1 unspecified atom stereocenters. The number of aryl methyl sites for hydroxylation is 1. The summed E-state index contributed by atoms with van der Waals surface area (Å²) in [6, 6.07) is 4.09. The van der Waals surface area contributed by atoms with E-state index < -0.39 is 5.60 Å². The maximum absolute atomic E-state index is 13.4. The molecule has 3 rings (SSSR count). The first kappa shape index (κ1) is 15.5. The predicted octanol–water partition coefficient (Wildman–Crippen LogP) is 2.48. The molecule has 6 nitrogen and oxygen atoms in total. The normalized spacial score (nSPS) is 18.9. The summed E-state index contributed by atoms with van der Waals surface area (Å²) >= 11 is 0. The topological polar surface area (TPSA) is 77.2 Å². The van der Waals surface area contributed by atoms with E-state index in [1.54, 1.807) is 13.0 Å². The van der Waals surface area contributed by atoms with E-state index in [-0.39, 0.29) is 30.1 Å². The van der Waals surface area contributed by atoms with E-state index in [0.717, 1.165) is 5.56 Å². The second-order valence-corrected chi connectivity index (χ2v) is 6.26. The van der Waals surface area contributed by atoms with Crippen molar-refractivity contribution in [2.45, 2.75) is 45.3 Å². The number of halogens is 1. The first-order chi connectivity index (χ1) is 10.8. The van der Waals surface area contributed by atoms with Gasteiger partial charge in [0.25, 0.3) is 0 Å². The molecule has 0 bridgehead atoms. The highest BCUT2D eigenvalue weighted by atomic mass is 19.1. The molecular formula is C16H18FN3O3. The van der Waals surface area contributed by atoms with Crippen LogP contribution < -0.4 is 10.1 Å². The minimum Gasteiger partial charge on any atom is -0.487 e. The average molecular weight is 319 g/mol. The fourth-order valence-corrected chi connectivity index (χ4v) is 2.75. The first-order valence-electron chi connectivity index (χ1n) is 7.39. The monoisotopic (exact) mass is 319 g/mol. The lowest BCUT2D eigenvalue weighted by atomic mass is 9.89. The third kappa shape index (κ3) is 3.49. The van der Waals surface area contributed by atoms with Gasteiger partial charge in [-0.15, -0.1) is 10.2 Å². The molecule has 2 heterocycles. The van der Waals surface area contributed by atoms with Crippen LogP contribution in [0.3, 0.4) is 0 Å². The Kier molecular flexibility index (Phi) is 3.79. The Bertz CT molecular complexity index is 742. The Morgan fingerprint density at radius 3 is 2.91 bits per heavy atom. The van der Waals surface area contributed by atoms with Crippen LogP contribution in [-0.4, -0.2) is 21.7 Å². The Morgan fingerprint density at radius 2 is 2.22 bits per heavy atom. The Hall–Kier alpha value is -2.44. The number of rotatable bonds is 3. The molecular weight excluding hydrogens is 301 g/mol. The molecule has 1 N–H and O–H groups in total. The van der Waals surface area contributed by atoms with Crippen LogP contribution in [-0.2, 0) is 11.2 Å². The number of benzene rings is 1. The van der Waals surface area contributed by atoms with E-state index in [4.69, 9.17) is 9.15 Å². The zero-order chi connectivity index (χ0) is 16.6. The van der Waals surface area contributed by atoms with Crippen LogP contribution in [0, 0.1) is 12.7 Å². The number of nitrogens with one attached hydrogen (secondary N) is 1. The number of amides is 1. The van der Waals surface area contributed by atoms with Gasteiger partial charge in [-0.25, -0.2) is 4.39 Å². The smallest absolute Gasteiger partial charge is 0.229 e. The summed E-state index contributed by atoms with van der Waals surface area (Å²) < 4.78 is 24.4. The van der Waals surface area contributed by atoms with Crippen LogP contribution in [0.4, 0.5) is 4.39 Å². The molecule has 0 radical (unpaired) electrons. The highest BCUT2D eigenvalue weighted by Gasteiger charge is 2.34. The maximum atomic E-state index is 13.4. The molecule has 1 aliphatic heterocycles. The number of hydrogen-bond donors (Lipinski definition) is 1. The van der Waals surface area contributed by atoms with E-state index in [1.165, 1.54) is 12.1 Å². The van der Waals surface area contributed by atoms with Gasteiger partial charge in [0.05, 0.1) is 6.04 Å². The molecule has 0 aliphatic carbocycles. The average Bonchev–Trinajstić information content (AvgIpc) is 2.81. The predicted molar refractivity (Wildman–Crippen MR) is 79.3 cm³/mol. The molecule has 1 aliphatic rings. The third-order valence-electron chi connectivity index (χ3n) is 3.65. The summed E-state index contributed by atoms with van der Waals surface area (Å²) in [5.74, 6) is 0.547. The van der Waals surface area contributed by atoms with Crippen molar-refractivity contribution in [1.29, 1.82) is 0 Å². The van der Waals surface area contributed by atoms with Gasteiger partial charge in [-0.3, -0.25) is 4.79 Å². The van der Waals surface area contributed by atoms with Crippen LogP contribution in [0.15, 0.2) is 22.6 Å². The minimum absolute atomic E-state index is 0.00908. The zero-order valence-electron chi connectivity index (χ0n) is 13.2. The number of nitrogens with zero attached hydrogens (tertiary/aromatic N) is 2. The van der Waals surface area contributed by atoms with Gasteiger partial charge in [0, 0.05) is 25.0 Å². The van der Waals surface area contributed by atoms with E-state index in [9.17, 15) is 9.18 Å². The van der Waals surface area contributed by atoms with Gasteiger partial charge in [-0.2, -0.15) is 0 Å². The third-order valence-corrected chi connectivity index (χ3v) is 3.65. The molecule has 2 aromatic rings. The van der Waals surface area contributed by atoms with Gasteiger partial charge in [0.2, 0.25) is 17.7 Å². The van der Waals surface area contributed by atoms with Crippen molar-refractivity contribution >= 4 is 5.91 Å². The standard InChI is InChI=1S/C16H18FN3O3/c1-9-19-20-15(22-9)7-14(21)18-12-8-16(2,3)23-13-6-10(17)4-5-11(12)13/h4-6,12H,7-8H2,1-3H3,(H,18,21). The lowest BCUT2D eigenvalue weighted by Gasteiger charge is -2.37. The second-order valence-electron chi connectivity index (χ2n) is 6.26. The van der Waals surface area contributed by atoms with Gasteiger partial charge >= 0.3 is 0 Å². The molecule has 0 saturated heterocycles. The van der Waals surface area contributed by atoms with Crippen molar-refractivity contribution in [3.8, 4) is 5.75 Å². The van der Waals surface area contributed by atoms with Crippen LogP contribution in [0.5, 0.6) is 5.75 Å². The number of carbonyl (C=O) groups is 1. The Balaban J connectivity index is 1.78. The molecule has 0 saturated carbocycles. The first-order valence-corrected chi connectivity index (χ1v) is 7.39. The quantitative estimate of drug-likeness (QED) is 0.940. The highest BCUT2D eigenvalue weighted by Crippen LogP contribution is 2.39. The maximum Gasteiger partial charge on any atom is 0.229 e. The van der Waals surface area contributed by atoms with Crippen LogP contribution in [0.2, 0.25) is 0 Å². The van der Waals surface area contributed by atoms with Crippen molar-refractivity contribution in [3.05, 3.63) is 41.4 Å². The summed E-state index contributed by atoms with van der Waals surface area (Å²) in [5, 5.41) is 10.4. The molecule has 0 fully saturated rings. The van der Waals surface area contributed by atoms with Crippen molar-refractivity contribution in [2.24, 2.45) is 0 Å². The molecule has 0 spiro atoms. The van der Waals surface area contributed by atoms with E-state index in [1.807, 2.05) is 13.8 Å². The zero-order valence-corrected chi connectivity index (χ0v) is 13.2. The van der Waals surface area contributed by atoms with E-state index in [0.29, 0.717) is 18.1 Å². The van der Waals surface area contributed by atoms with Crippen molar-refractivity contribution in [3.63, 3.8) is 0 Å². The summed E-state index contributed by atoms with van der Waals surface area (Å²) in [4.78, 5) is 12.2. The summed E-state index contributed by atoms with van der Waals surface area (Å²) in [7, 11) is 0. The molecule has 7 heteroatoms. The fourth-order valence-electron chi connectivity index (χ4n) is 2.75. The van der Waals surface area contributed by atoms with Crippen LogP contribution in [0.25, 0.3) is 0 Å². The van der Waals surface area contributed by atoms with Crippen LogP contribution >= 0.6 is 0 Å². The Labute approximate surface area is 133 Å². The molecule has 1 atom stereocenters. The van der Waals surface area contributed by atoms with Gasteiger partial charge in [-0.05, 0) is 19.9 Å². The van der Waals surface area contributed by atoms with Gasteiger partial charge in [-0.1, -0.05) is 6.07 Å². The van der Waals surface area contributed by atoms with Crippen LogP contribution in [0.1, 0.15) is 43.7 Å².